The Hall–Kier alpha value is -2.05. The number of aromatic nitrogens is 2. The summed E-state index contributed by atoms with van der Waals surface area (Å²) in [5, 5.41) is 9.74. The van der Waals surface area contributed by atoms with Gasteiger partial charge in [0.05, 0.1) is 6.61 Å². The molecule has 7 heteroatoms. The van der Waals surface area contributed by atoms with Crippen LogP contribution in [0.4, 0.5) is 10.6 Å². The average molecular weight is 338 g/mol. The van der Waals surface area contributed by atoms with Gasteiger partial charge >= 0.3 is 12.0 Å². The molecule has 1 aromatic rings. The van der Waals surface area contributed by atoms with Crippen molar-refractivity contribution in [1.82, 2.24) is 15.1 Å². The Morgan fingerprint density at radius 3 is 2.54 bits per heavy atom. The molecule has 0 radical (unpaired) electrons. The van der Waals surface area contributed by atoms with E-state index in [1.807, 2.05) is 0 Å². The highest BCUT2D eigenvalue weighted by molar-refractivity contribution is 5.99. The lowest BCUT2D eigenvalue weighted by Crippen LogP contribution is -2.30. The fourth-order valence-electron chi connectivity index (χ4n) is 2.21. The number of ether oxygens (including phenoxy) is 1. The molecule has 0 spiro atoms. The largest absolute Gasteiger partial charge is 0.462 e. The zero-order valence-corrected chi connectivity index (χ0v) is 15.1. The highest BCUT2D eigenvalue weighted by Gasteiger charge is 2.19. The van der Waals surface area contributed by atoms with E-state index in [0.717, 1.165) is 38.5 Å². The van der Waals surface area contributed by atoms with E-state index in [0.29, 0.717) is 13.1 Å². The van der Waals surface area contributed by atoms with Crippen molar-refractivity contribution in [3.63, 3.8) is 0 Å². The summed E-state index contributed by atoms with van der Waals surface area (Å²) in [6.45, 7) is 7.56. The molecule has 0 aliphatic carbocycles. The number of rotatable bonds is 11. The van der Waals surface area contributed by atoms with Gasteiger partial charge in [0.1, 0.15) is 5.56 Å². The van der Waals surface area contributed by atoms with Gasteiger partial charge in [0, 0.05) is 19.3 Å². The molecule has 0 aromatic carbocycles. The highest BCUT2D eigenvalue weighted by atomic mass is 16.5. The summed E-state index contributed by atoms with van der Waals surface area (Å²) in [5.41, 5.74) is 0.286. The molecule has 0 aliphatic heterocycles. The minimum absolute atomic E-state index is 0.246. The van der Waals surface area contributed by atoms with Crippen LogP contribution in [-0.4, -0.2) is 34.9 Å². The lowest BCUT2D eigenvalue weighted by molar-refractivity contribution is 0.0527. The Labute approximate surface area is 144 Å². The third kappa shape index (κ3) is 7.02. The summed E-state index contributed by atoms with van der Waals surface area (Å²) in [5.74, 6) is -0.228. The molecule has 1 aromatic heterocycles. The van der Waals surface area contributed by atoms with E-state index in [-0.39, 0.29) is 24.0 Å². The van der Waals surface area contributed by atoms with Crippen LogP contribution in [0.2, 0.25) is 0 Å². The molecule has 0 unspecified atom stereocenters. The Kier molecular flexibility index (Phi) is 9.56. The maximum absolute atomic E-state index is 12.0. The molecule has 1 rings (SSSR count). The number of hydrogen-bond donors (Lipinski definition) is 2. The van der Waals surface area contributed by atoms with Crippen LogP contribution in [0.15, 0.2) is 6.20 Å². The second-order valence-corrected chi connectivity index (χ2v) is 5.67. The second kappa shape index (κ2) is 11.5. The predicted octanol–water partition coefficient (Wildman–Crippen LogP) is 3.56. The fourth-order valence-corrected chi connectivity index (χ4v) is 2.21. The first-order valence-corrected chi connectivity index (χ1v) is 8.91. The minimum atomic E-state index is -0.474. The van der Waals surface area contributed by atoms with Crippen molar-refractivity contribution in [2.45, 2.75) is 65.8 Å². The van der Waals surface area contributed by atoms with Crippen LogP contribution in [0, 0.1) is 0 Å². The lowest BCUT2D eigenvalue weighted by atomic mass is 10.2. The van der Waals surface area contributed by atoms with Gasteiger partial charge in [-0.3, -0.25) is 10.00 Å². The number of nitrogens with one attached hydrogen (secondary N) is 2. The fraction of sp³-hybridized carbons (Fsp3) is 0.706. The molecule has 0 fully saturated rings. The maximum Gasteiger partial charge on any atom is 0.343 e. The van der Waals surface area contributed by atoms with E-state index in [2.05, 4.69) is 29.6 Å². The first kappa shape index (κ1) is 20.0. The molecule has 1 heterocycles. The number of unbranched alkanes of at least 4 members (excludes halogenated alkanes) is 4. The molecule has 0 atom stereocenters. The van der Waals surface area contributed by atoms with Gasteiger partial charge in [0.2, 0.25) is 0 Å². The van der Waals surface area contributed by atoms with E-state index >= 15 is 0 Å². The maximum atomic E-state index is 12.0. The van der Waals surface area contributed by atoms with Crippen LogP contribution in [0.25, 0.3) is 0 Å². The van der Waals surface area contributed by atoms with Gasteiger partial charge in [-0.1, -0.05) is 39.5 Å². The summed E-state index contributed by atoms with van der Waals surface area (Å²) in [7, 11) is 0. The SMILES string of the molecule is CCCCCCNC(=O)Nc1nn(CCCC)cc1C(=O)OCC. The van der Waals surface area contributed by atoms with E-state index in [9.17, 15) is 9.59 Å². The standard InChI is InChI=1S/C17H30N4O3/c1-4-7-9-10-11-18-17(23)19-15-14(16(22)24-6-3)13-21(20-15)12-8-5-2/h13H,4-12H2,1-3H3,(H2,18,19,20,23). The van der Waals surface area contributed by atoms with Gasteiger partial charge in [-0.2, -0.15) is 5.10 Å². The number of aryl methyl sites for hydroxylation is 1. The van der Waals surface area contributed by atoms with Crippen molar-refractivity contribution >= 4 is 17.8 Å². The van der Waals surface area contributed by atoms with Crippen LogP contribution in [-0.2, 0) is 11.3 Å². The molecule has 2 N–H and O–H groups in total. The Morgan fingerprint density at radius 2 is 1.88 bits per heavy atom. The number of carbonyl (C=O) groups excluding carboxylic acids is 2. The third-order valence-electron chi connectivity index (χ3n) is 3.55. The van der Waals surface area contributed by atoms with Crippen molar-refractivity contribution in [3.05, 3.63) is 11.8 Å². The van der Waals surface area contributed by atoms with Gasteiger partial charge in [-0.25, -0.2) is 9.59 Å². The number of esters is 1. The van der Waals surface area contributed by atoms with Crippen molar-refractivity contribution in [2.24, 2.45) is 0 Å². The van der Waals surface area contributed by atoms with Gasteiger partial charge in [0.25, 0.3) is 0 Å². The average Bonchev–Trinajstić information content (AvgIpc) is 2.95. The normalized spacial score (nSPS) is 10.5. The quantitative estimate of drug-likeness (QED) is 0.477. The van der Waals surface area contributed by atoms with Gasteiger partial charge < -0.3 is 10.1 Å². The number of urea groups is 1. The molecular weight excluding hydrogens is 308 g/mol. The second-order valence-electron chi connectivity index (χ2n) is 5.67. The Balaban J connectivity index is 2.64. The van der Waals surface area contributed by atoms with E-state index in [1.165, 1.54) is 0 Å². The molecule has 0 bridgehead atoms. The molecule has 2 amide bonds. The Morgan fingerprint density at radius 1 is 1.12 bits per heavy atom. The molecular formula is C17H30N4O3. The molecule has 0 saturated carbocycles. The van der Waals surface area contributed by atoms with Crippen LogP contribution in [0.5, 0.6) is 0 Å². The summed E-state index contributed by atoms with van der Waals surface area (Å²) in [6.07, 6.45) is 7.96. The van der Waals surface area contributed by atoms with Crippen LogP contribution < -0.4 is 10.6 Å². The minimum Gasteiger partial charge on any atom is -0.462 e. The zero-order chi connectivity index (χ0) is 17.8. The summed E-state index contributed by atoms with van der Waals surface area (Å²) in [4.78, 5) is 24.0. The van der Waals surface area contributed by atoms with Crippen molar-refractivity contribution in [2.75, 3.05) is 18.5 Å². The number of carbonyl (C=O) groups is 2. The van der Waals surface area contributed by atoms with Crippen molar-refractivity contribution < 1.29 is 14.3 Å². The number of hydrogen-bond acceptors (Lipinski definition) is 4. The Bertz CT molecular complexity index is 514. The van der Waals surface area contributed by atoms with Crippen LogP contribution >= 0.6 is 0 Å². The molecule has 136 valence electrons. The van der Waals surface area contributed by atoms with Crippen LogP contribution in [0.1, 0.15) is 69.7 Å². The monoisotopic (exact) mass is 338 g/mol. The number of anilines is 1. The topological polar surface area (TPSA) is 85.3 Å². The van der Waals surface area contributed by atoms with Gasteiger partial charge in [-0.15, -0.1) is 0 Å². The predicted molar refractivity (Wildman–Crippen MR) is 94.3 cm³/mol. The van der Waals surface area contributed by atoms with Crippen LogP contribution in [0.3, 0.4) is 0 Å². The lowest BCUT2D eigenvalue weighted by Gasteiger charge is -2.07. The smallest absolute Gasteiger partial charge is 0.343 e. The summed E-state index contributed by atoms with van der Waals surface area (Å²) in [6, 6.07) is -0.349. The van der Waals surface area contributed by atoms with Gasteiger partial charge in [0.15, 0.2) is 5.82 Å². The molecule has 24 heavy (non-hydrogen) atoms. The summed E-state index contributed by atoms with van der Waals surface area (Å²) < 4.78 is 6.70. The summed E-state index contributed by atoms with van der Waals surface area (Å²) >= 11 is 0. The zero-order valence-electron chi connectivity index (χ0n) is 15.1. The number of nitrogens with zero attached hydrogens (tertiary/aromatic N) is 2. The first-order valence-electron chi connectivity index (χ1n) is 8.91. The van der Waals surface area contributed by atoms with Crippen molar-refractivity contribution in [3.8, 4) is 0 Å². The molecule has 0 aliphatic rings. The van der Waals surface area contributed by atoms with E-state index in [1.54, 1.807) is 17.8 Å². The van der Waals surface area contributed by atoms with Gasteiger partial charge in [-0.05, 0) is 19.8 Å². The highest BCUT2D eigenvalue weighted by Crippen LogP contribution is 2.15. The van der Waals surface area contributed by atoms with Crippen molar-refractivity contribution in [1.29, 1.82) is 0 Å². The molecule has 7 nitrogen and oxygen atoms in total. The van der Waals surface area contributed by atoms with E-state index < -0.39 is 5.97 Å². The first-order chi connectivity index (χ1) is 11.6. The third-order valence-corrected chi connectivity index (χ3v) is 3.55. The number of amides is 2. The molecule has 0 saturated heterocycles. The van der Waals surface area contributed by atoms with E-state index in [4.69, 9.17) is 4.74 Å².